The molecule has 0 radical (unpaired) electrons. The molecule has 2 aromatic carbocycles. The number of hydrogen-bond donors (Lipinski definition) is 2. The highest BCUT2D eigenvalue weighted by molar-refractivity contribution is 5.78. The summed E-state index contributed by atoms with van der Waals surface area (Å²) in [5.41, 5.74) is 8.51. The Morgan fingerprint density at radius 3 is 2.65 bits per heavy atom. The Labute approximate surface area is 190 Å². The zero-order valence-electron chi connectivity index (χ0n) is 17.3. The summed E-state index contributed by atoms with van der Waals surface area (Å²) in [5, 5.41) is 10.1. The van der Waals surface area contributed by atoms with Crippen LogP contribution in [0, 0.1) is 0 Å². The lowest BCUT2D eigenvalue weighted by Gasteiger charge is -2.16. The normalized spacial score (nSPS) is 11.6. The number of alkyl halides is 3. The van der Waals surface area contributed by atoms with Crippen LogP contribution in [0.2, 0.25) is 0 Å². The van der Waals surface area contributed by atoms with E-state index >= 15 is 0 Å². The summed E-state index contributed by atoms with van der Waals surface area (Å²) in [6.07, 6.45) is -1.65. The van der Waals surface area contributed by atoms with Crippen LogP contribution in [0.1, 0.15) is 5.56 Å². The lowest BCUT2D eigenvalue weighted by Crippen LogP contribution is -2.18. The van der Waals surface area contributed by atoms with Gasteiger partial charge in [-0.3, -0.25) is 0 Å². The van der Waals surface area contributed by atoms with Crippen LogP contribution in [0.4, 0.5) is 19.0 Å². The molecule has 0 saturated heterocycles. The van der Waals surface area contributed by atoms with Gasteiger partial charge in [0.1, 0.15) is 18.2 Å². The topological polar surface area (TPSA) is 117 Å². The van der Waals surface area contributed by atoms with Crippen molar-refractivity contribution in [1.29, 1.82) is 0 Å². The van der Waals surface area contributed by atoms with Gasteiger partial charge in [0.15, 0.2) is 16.9 Å². The molecule has 3 N–H and O–H groups in total. The molecule has 0 amide bonds. The van der Waals surface area contributed by atoms with Crippen molar-refractivity contribution >= 4 is 17.0 Å². The molecule has 0 bridgehead atoms. The summed E-state index contributed by atoms with van der Waals surface area (Å²) in [6, 6.07) is 15.2. The SMILES string of the molecule is Nc1cc(OCc2ccc(-n3cnc(-c4ccccc4)c3)cc2OC(F)(F)F)c2nn[nH]c2n1. The van der Waals surface area contributed by atoms with Gasteiger partial charge in [0.2, 0.25) is 0 Å². The Kier molecular flexibility index (Phi) is 5.24. The third-order valence-corrected chi connectivity index (χ3v) is 4.89. The number of anilines is 1. The summed E-state index contributed by atoms with van der Waals surface area (Å²) in [4.78, 5) is 8.36. The standard InChI is InChI=1S/C22H16F3N7O2/c23-22(24,25)34-17-8-15(32-10-16(27-12-32)13-4-2-1-3-5-13)7-6-14(17)11-33-18-9-19(26)28-21-20(18)29-31-30-21/h1-10,12H,11H2,(H3,26,28,29,30,31). The maximum absolute atomic E-state index is 13.1. The monoisotopic (exact) mass is 467 g/mol. The smallest absolute Gasteiger partial charge is 0.486 e. The summed E-state index contributed by atoms with van der Waals surface area (Å²) >= 11 is 0. The van der Waals surface area contributed by atoms with E-state index in [9.17, 15) is 13.2 Å². The number of pyridine rings is 1. The molecule has 0 spiro atoms. The number of ether oxygens (including phenoxy) is 2. The number of H-pyrrole nitrogens is 1. The van der Waals surface area contributed by atoms with Gasteiger partial charge in [0.05, 0.1) is 17.7 Å². The first-order chi connectivity index (χ1) is 16.4. The van der Waals surface area contributed by atoms with Crippen LogP contribution in [0.15, 0.2) is 67.1 Å². The Balaban J connectivity index is 1.45. The van der Waals surface area contributed by atoms with Crippen molar-refractivity contribution in [3.63, 3.8) is 0 Å². The molecule has 9 nitrogen and oxygen atoms in total. The summed E-state index contributed by atoms with van der Waals surface area (Å²) < 4.78 is 51.0. The molecule has 0 aliphatic rings. The molecule has 0 fully saturated rings. The number of benzene rings is 2. The third kappa shape index (κ3) is 4.46. The molecule has 0 atom stereocenters. The van der Waals surface area contributed by atoms with Gasteiger partial charge >= 0.3 is 6.36 Å². The maximum Gasteiger partial charge on any atom is 0.573 e. The van der Waals surface area contributed by atoms with Crippen molar-refractivity contribution < 1.29 is 22.6 Å². The number of aromatic nitrogens is 6. The van der Waals surface area contributed by atoms with Crippen molar-refractivity contribution in [1.82, 2.24) is 29.9 Å². The molecule has 0 aliphatic carbocycles. The minimum atomic E-state index is -4.89. The van der Waals surface area contributed by atoms with Crippen LogP contribution >= 0.6 is 0 Å². The molecule has 0 unspecified atom stereocenters. The van der Waals surface area contributed by atoms with E-state index in [4.69, 9.17) is 10.5 Å². The highest BCUT2D eigenvalue weighted by Gasteiger charge is 2.32. The van der Waals surface area contributed by atoms with Crippen LogP contribution < -0.4 is 15.2 Å². The molecule has 12 heteroatoms. The molecular formula is C22H16F3N7O2. The zero-order valence-corrected chi connectivity index (χ0v) is 17.3. The second-order valence-electron chi connectivity index (χ2n) is 7.21. The van der Waals surface area contributed by atoms with Crippen LogP contribution in [0.3, 0.4) is 0 Å². The van der Waals surface area contributed by atoms with E-state index in [-0.39, 0.29) is 23.7 Å². The highest BCUT2D eigenvalue weighted by Crippen LogP contribution is 2.31. The van der Waals surface area contributed by atoms with Gasteiger partial charge in [-0.15, -0.1) is 18.3 Å². The van der Waals surface area contributed by atoms with Crippen LogP contribution in [0.25, 0.3) is 28.1 Å². The molecule has 3 aromatic heterocycles. The van der Waals surface area contributed by atoms with E-state index < -0.39 is 12.1 Å². The van der Waals surface area contributed by atoms with Crippen LogP contribution in [-0.4, -0.2) is 36.3 Å². The Bertz CT molecular complexity index is 1450. The fourth-order valence-electron chi connectivity index (χ4n) is 3.36. The number of nitrogen functional groups attached to an aromatic ring is 1. The zero-order chi connectivity index (χ0) is 23.7. The lowest BCUT2D eigenvalue weighted by molar-refractivity contribution is -0.275. The van der Waals surface area contributed by atoms with Gasteiger partial charge in [-0.2, -0.15) is 0 Å². The highest BCUT2D eigenvalue weighted by atomic mass is 19.4. The third-order valence-electron chi connectivity index (χ3n) is 4.89. The van der Waals surface area contributed by atoms with E-state index in [0.717, 1.165) is 5.56 Å². The number of fused-ring (bicyclic) bond motifs is 1. The average Bonchev–Trinajstić information content (AvgIpc) is 3.47. The van der Waals surface area contributed by atoms with Gasteiger partial charge in [-0.05, 0) is 12.1 Å². The van der Waals surface area contributed by atoms with E-state index in [1.165, 1.54) is 24.5 Å². The second-order valence-corrected chi connectivity index (χ2v) is 7.21. The molecular weight excluding hydrogens is 451 g/mol. The number of rotatable bonds is 6. The fourth-order valence-corrected chi connectivity index (χ4v) is 3.36. The van der Waals surface area contributed by atoms with E-state index in [2.05, 4.69) is 30.1 Å². The molecule has 0 saturated carbocycles. The van der Waals surface area contributed by atoms with Crippen molar-refractivity contribution in [2.24, 2.45) is 0 Å². The Morgan fingerprint density at radius 2 is 1.85 bits per heavy atom. The number of aromatic amines is 1. The van der Waals surface area contributed by atoms with Crippen molar-refractivity contribution in [2.45, 2.75) is 13.0 Å². The van der Waals surface area contributed by atoms with E-state index in [1.54, 1.807) is 16.8 Å². The Hall–Kier alpha value is -4.61. The van der Waals surface area contributed by atoms with Crippen LogP contribution in [-0.2, 0) is 6.61 Å². The quantitative estimate of drug-likeness (QED) is 0.383. The van der Waals surface area contributed by atoms with Gasteiger partial charge in [0, 0.05) is 29.5 Å². The number of hydrogen-bond acceptors (Lipinski definition) is 7. The number of imidazole rings is 1. The van der Waals surface area contributed by atoms with Crippen molar-refractivity contribution in [2.75, 3.05) is 5.73 Å². The molecule has 0 aliphatic heterocycles. The minimum absolute atomic E-state index is 0.144. The van der Waals surface area contributed by atoms with E-state index in [1.807, 2.05) is 30.3 Å². The first-order valence-corrected chi connectivity index (χ1v) is 9.94. The summed E-state index contributed by atoms with van der Waals surface area (Å²) in [5.74, 6) is -0.0382. The minimum Gasteiger partial charge on any atom is -0.486 e. The lowest BCUT2D eigenvalue weighted by atomic mass is 10.1. The molecule has 3 heterocycles. The first-order valence-electron chi connectivity index (χ1n) is 9.94. The average molecular weight is 467 g/mol. The fraction of sp³-hybridized carbons (Fsp3) is 0.0909. The van der Waals surface area contributed by atoms with E-state index in [0.29, 0.717) is 22.5 Å². The summed E-state index contributed by atoms with van der Waals surface area (Å²) in [7, 11) is 0. The molecule has 172 valence electrons. The van der Waals surface area contributed by atoms with Gasteiger partial charge in [-0.1, -0.05) is 35.5 Å². The maximum atomic E-state index is 13.1. The van der Waals surface area contributed by atoms with Crippen LogP contribution in [0.5, 0.6) is 11.5 Å². The van der Waals surface area contributed by atoms with Crippen molar-refractivity contribution in [3.05, 3.63) is 72.7 Å². The number of nitrogens with two attached hydrogens (primary N) is 1. The van der Waals surface area contributed by atoms with Gasteiger partial charge in [0.25, 0.3) is 0 Å². The largest absolute Gasteiger partial charge is 0.573 e. The number of nitrogens with zero attached hydrogens (tertiary/aromatic N) is 5. The molecule has 5 aromatic rings. The van der Waals surface area contributed by atoms with Gasteiger partial charge in [-0.25, -0.2) is 15.1 Å². The second kappa shape index (κ2) is 8.39. The number of halogens is 3. The van der Waals surface area contributed by atoms with Gasteiger partial charge < -0.3 is 19.8 Å². The molecule has 34 heavy (non-hydrogen) atoms. The first kappa shape index (κ1) is 21.2. The molecule has 5 rings (SSSR count). The number of nitrogens with one attached hydrogen (secondary N) is 1. The summed E-state index contributed by atoms with van der Waals surface area (Å²) in [6.45, 7) is -0.240. The van der Waals surface area contributed by atoms with Crippen molar-refractivity contribution in [3.8, 4) is 28.4 Å². The Morgan fingerprint density at radius 1 is 1.03 bits per heavy atom. The predicted molar refractivity (Wildman–Crippen MR) is 116 cm³/mol. The predicted octanol–water partition coefficient (Wildman–Crippen LogP) is 4.27.